The van der Waals surface area contributed by atoms with Crippen LogP contribution in [0.1, 0.15) is 20.8 Å². The smallest absolute Gasteiger partial charge is 0.144 e. The van der Waals surface area contributed by atoms with E-state index in [2.05, 4.69) is 17.6 Å². The molecule has 1 atom stereocenters. The highest BCUT2D eigenvalue weighted by atomic mass is 19.1. The van der Waals surface area contributed by atoms with E-state index in [1.165, 1.54) is 11.1 Å². The molecule has 1 unspecified atom stereocenters. The molecule has 2 heteroatoms. The molecule has 0 N–H and O–H groups in total. The van der Waals surface area contributed by atoms with Crippen LogP contribution in [-0.4, -0.2) is 23.7 Å². The topological polar surface area (TPSA) is 3.24 Å². The van der Waals surface area contributed by atoms with Crippen LogP contribution >= 0.6 is 0 Å². The van der Waals surface area contributed by atoms with Gasteiger partial charge in [-0.15, -0.1) is 0 Å². The average Bonchev–Trinajstić information content (AvgIpc) is 2.41. The molecule has 2 rings (SSSR count). The molecule has 2 bridgehead atoms. The van der Waals surface area contributed by atoms with Crippen LogP contribution in [0.5, 0.6) is 0 Å². The van der Waals surface area contributed by atoms with E-state index in [1.807, 2.05) is 13.0 Å². The molecule has 0 aromatic carbocycles. The molecule has 0 aromatic rings. The van der Waals surface area contributed by atoms with Crippen LogP contribution < -0.4 is 0 Å². The fraction of sp³-hybridized carbons (Fsp3) is 0.538. The molecular formula is C13H18FN. The number of alkyl halides is 1. The predicted molar refractivity (Wildman–Crippen MR) is 61.2 cm³/mol. The molecule has 2 heterocycles. The van der Waals surface area contributed by atoms with Crippen molar-refractivity contribution < 1.29 is 4.39 Å². The number of halogens is 1. The Balaban J connectivity index is 2.26. The van der Waals surface area contributed by atoms with Gasteiger partial charge >= 0.3 is 0 Å². The molecule has 0 saturated carbocycles. The summed E-state index contributed by atoms with van der Waals surface area (Å²) in [7, 11) is 0. The van der Waals surface area contributed by atoms with Gasteiger partial charge in [-0.25, -0.2) is 4.39 Å². The molecule has 0 aromatic heterocycles. The van der Waals surface area contributed by atoms with Crippen molar-refractivity contribution in [3.63, 3.8) is 0 Å². The molecule has 1 fully saturated rings. The molecule has 15 heavy (non-hydrogen) atoms. The van der Waals surface area contributed by atoms with E-state index in [0.29, 0.717) is 5.92 Å². The van der Waals surface area contributed by atoms with Crippen LogP contribution in [0.15, 0.2) is 35.6 Å². The van der Waals surface area contributed by atoms with E-state index >= 15 is 0 Å². The Kier molecular flexibility index (Phi) is 2.25. The summed E-state index contributed by atoms with van der Waals surface area (Å²) in [6.07, 6.45) is 3.99. The largest absolute Gasteiger partial charge is 0.367 e. The fourth-order valence-corrected chi connectivity index (χ4v) is 2.42. The Labute approximate surface area is 91.0 Å². The highest BCUT2D eigenvalue weighted by Crippen LogP contribution is 2.37. The van der Waals surface area contributed by atoms with Gasteiger partial charge in [0.2, 0.25) is 0 Å². The van der Waals surface area contributed by atoms with Gasteiger partial charge in [0.25, 0.3) is 0 Å². The highest BCUT2D eigenvalue weighted by molar-refractivity contribution is 5.37. The monoisotopic (exact) mass is 207 g/mol. The van der Waals surface area contributed by atoms with Gasteiger partial charge in [0, 0.05) is 19.0 Å². The van der Waals surface area contributed by atoms with Crippen molar-refractivity contribution >= 4 is 0 Å². The third-order valence-electron chi connectivity index (χ3n) is 3.22. The van der Waals surface area contributed by atoms with E-state index in [-0.39, 0.29) is 0 Å². The summed E-state index contributed by atoms with van der Waals surface area (Å²) in [5, 5.41) is 0. The van der Waals surface area contributed by atoms with Crippen molar-refractivity contribution in [1.82, 2.24) is 4.90 Å². The molecule has 2 aliphatic rings. The minimum atomic E-state index is -1.24. The van der Waals surface area contributed by atoms with Gasteiger partial charge in [0.15, 0.2) is 0 Å². The van der Waals surface area contributed by atoms with Crippen LogP contribution in [-0.2, 0) is 0 Å². The molecule has 1 saturated heterocycles. The number of allylic oxidation sites excluding steroid dienone is 3. The summed E-state index contributed by atoms with van der Waals surface area (Å²) in [4.78, 5) is 2.13. The lowest BCUT2D eigenvalue weighted by atomic mass is 9.95. The minimum Gasteiger partial charge on any atom is -0.367 e. The normalized spacial score (nSPS) is 25.1. The predicted octanol–water partition coefficient (Wildman–Crippen LogP) is 3.07. The third-order valence-corrected chi connectivity index (χ3v) is 3.22. The first-order valence-electron chi connectivity index (χ1n) is 5.40. The quantitative estimate of drug-likeness (QED) is 0.629. The van der Waals surface area contributed by atoms with Gasteiger partial charge in [-0.2, -0.15) is 0 Å². The Bertz CT molecular complexity index is 357. The first kappa shape index (κ1) is 10.5. The second kappa shape index (κ2) is 3.22. The average molecular weight is 207 g/mol. The Hall–Kier alpha value is -1.05. The zero-order valence-corrected chi connectivity index (χ0v) is 9.68. The van der Waals surface area contributed by atoms with Gasteiger partial charge in [-0.05, 0) is 32.4 Å². The van der Waals surface area contributed by atoms with Gasteiger partial charge in [0.1, 0.15) is 5.67 Å². The number of hydrogen-bond acceptors (Lipinski definition) is 1. The molecule has 1 nitrogen and oxygen atoms in total. The van der Waals surface area contributed by atoms with Crippen LogP contribution in [0.3, 0.4) is 0 Å². The van der Waals surface area contributed by atoms with Crippen molar-refractivity contribution in [1.29, 1.82) is 0 Å². The van der Waals surface area contributed by atoms with E-state index in [0.717, 1.165) is 18.8 Å². The molecule has 0 spiro atoms. The van der Waals surface area contributed by atoms with Gasteiger partial charge < -0.3 is 4.90 Å². The number of fused-ring (bicyclic) bond motifs is 2. The van der Waals surface area contributed by atoms with E-state index in [4.69, 9.17) is 0 Å². The SMILES string of the molecule is C=C(C)C1CN2CC1=CC=C2C(C)(C)F. The van der Waals surface area contributed by atoms with Crippen LogP contribution in [0.2, 0.25) is 0 Å². The van der Waals surface area contributed by atoms with Crippen molar-refractivity contribution in [2.24, 2.45) is 5.92 Å². The van der Waals surface area contributed by atoms with E-state index in [1.54, 1.807) is 13.8 Å². The Morgan fingerprint density at radius 3 is 2.73 bits per heavy atom. The summed E-state index contributed by atoms with van der Waals surface area (Å²) >= 11 is 0. The maximum absolute atomic E-state index is 13.9. The molecule has 0 aliphatic carbocycles. The second-order valence-corrected chi connectivity index (χ2v) is 5.05. The molecule has 2 aliphatic heterocycles. The highest BCUT2D eigenvalue weighted by Gasteiger charge is 2.36. The van der Waals surface area contributed by atoms with Crippen LogP contribution in [0, 0.1) is 5.92 Å². The maximum Gasteiger partial charge on any atom is 0.144 e. The Morgan fingerprint density at radius 2 is 2.20 bits per heavy atom. The van der Waals surface area contributed by atoms with Crippen molar-refractivity contribution in [2.75, 3.05) is 13.1 Å². The summed E-state index contributed by atoms with van der Waals surface area (Å²) in [6.45, 7) is 11.0. The van der Waals surface area contributed by atoms with Gasteiger partial charge in [-0.3, -0.25) is 0 Å². The first-order chi connectivity index (χ1) is 6.89. The first-order valence-corrected chi connectivity index (χ1v) is 5.40. The van der Waals surface area contributed by atoms with Crippen molar-refractivity contribution in [3.8, 4) is 0 Å². The summed E-state index contributed by atoms with van der Waals surface area (Å²) in [6, 6.07) is 0. The van der Waals surface area contributed by atoms with Crippen molar-refractivity contribution in [2.45, 2.75) is 26.4 Å². The number of nitrogens with zero attached hydrogens (tertiary/aromatic N) is 1. The second-order valence-electron chi connectivity index (χ2n) is 5.05. The minimum absolute atomic E-state index is 0.418. The molecule has 0 amide bonds. The lowest BCUT2D eigenvalue weighted by molar-refractivity contribution is 0.202. The third kappa shape index (κ3) is 1.73. The maximum atomic E-state index is 13.9. The number of rotatable bonds is 2. The summed E-state index contributed by atoms with van der Waals surface area (Å²) in [5.74, 6) is 0.418. The van der Waals surface area contributed by atoms with Gasteiger partial charge in [-0.1, -0.05) is 18.2 Å². The summed E-state index contributed by atoms with van der Waals surface area (Å²) < 4.78 is 13.9. The van der Waals surface area contributed by atoms with Crippen LogP contribution in [0.25, 0.3) is 0 Å². The molecular weight excluding hydrogens is 189 g/mol. The fourth-order valence-electron chi connectivity index (χ4n) is 2.42. The van der Waals surface area contributed by atoms with Gasteiger partial charge in [0.05, 0.1) is 5.70 Å². The zero-order chi connectivity index (χ0) is 11.2. The zero-order valence-electron chi connectivity index (χ0n) is 9.68. The molecule has 82 valence electrons. The lowest BCUT2D eigenvalue weighted by Crippen LogP contribution is -2.32. The lowest BCUT2D eigenvalue weighted by Gasteiger charge is -2.30. The van der Waals surface area contributed by atoms with E-state index < -0.39 is 5.67 Å². The summed E-state index contributed by atoms with van der Waals surface area (Å²) in [5.41, 5.74) is 2.10. The molecule has 0 radical (unpaired) electrons. The van der Waals surface area contributed by atoms with E-state index in [9.17, 15) is 4.39 Å². The van der Waals surface area contributed by atoms with Crippen LogP contribution in [0.4, 0.5) is 4.39 Å². The standard InChI is InChI=1S/C13H18FN/c1-9(2)11-8-15-7-10(11)5-6-12(15)13(3,4)14/h5-6,11H,1,7-8H2,2-4H3. The Morgan fingerprint density at radius 1 is 1.53 bits per heavy atom. The number of hydrogen-bond donors (Lipinski definition) is 0. The van der Waals surface area contributed by atoms with Crippen molar-refractivity contribution in [3.05, 3.63) is 35.6 Å².